The van der Waals surface area contributed by atoms with E-state index in [0.717, 1.165) is 28.4 Å². The summed E-state index contributed by atoms with van der Waals surface area (Å²) < 4.78 is 0. The minimum absolute atomic E-state index is 0.642. The third-order valence-corrected chi connectivity index (χ3v) is 5.19. The molecular weight excluding hydrogens is 348 g/mol. The Morgan fingerprint density at radius 1 is 0.720 bits per heavy atom. The minimum atomic E-state index is 0.642. The highest BCUT2D eigenvalue weighted by Gasteiger charge is 2.08. The normalized spacial score (nSPS) is 10.6. The van der Waals surface area contributed by atoms with Crippen LogP contribution in [-0.2, 0) is 11.5 Å². The molecule has 0 fully saturated rings. The lowest BCUT2D eigenvalue weighted by Gasteiger charge is -2.07. The highest BCUT2D eigenvalue weighted by Crippen LogP contribution is 2.25. The van der Waals surface area contributed by atoms with Crippen molar-refractivity contribution in [2.75, 3.05) is 11.9 Å². The van der Waals surface area contributed by atoms with Gasteiger partial charge in [-0.15, -0.1) is 0 Å². The van der Waals surface area contributed by atoms with Gasteiger partial charge in [0, 0.05) is 18.1 Å². The number of hydrogen-bond acceptors (Lipinski definition) is 6. The van der Waals surface area contributed by atoms with Crippen LogP contribution >= 0.6 is 23.5 Å². The first kappa shape index (κ1) is 17.8. The fourth-order valence-corrected chi connectivity index (χ4v) is 3.79. The zero-order valence-electron chi connectivity index (χ0n) is 14.1. The van der Waals surface area contributed by atoms with E-state index >= 15 is 0 Å². The van der Waals surface area contributed by atoms with Crippen molar-refractivity contribution in [3.05, 3.63) is 71.8 Å². The molecule has 4 nitrogen and oxygen atoms in total. The van der Waals surface area contributed by atoms with Gasteiger partial charge in [-0.05, 0) is 18.1 Å². The smallest absolute Gasteiger partial charge is 0.227 e. The van der Waals surface area contributed by atoms with E-state index < -0.39 is 0 Å². The molecule has 0 radical (unpaired) electrons. The number of hydrogen-bond donors (Lipinski definition) is 1. The second kappa shape index (κ2) is 9.44. The Bertz CT molecular complexity index is 720. The minimum Gasteiger partial charge on any atom is -0.354 e. The first-order valence-corrected chi connectivity index (χ1v) is 10.1. The summed E-state index contributed by atoms with van der Waals surface area (Å²) in [6.07, 6.45) is 0. The molecule has 128 valence electrons. The van der Waals surface area contributed by atoms with Crippen molar-refractivity contribution in [1.29, 1.82) is 0 Å². The lowest BCUT2D eigenvalue weighted by atomic mass is 10.2. The Balaban J connectivity index is 1.70. The highest BCUT2D eigenvalue weighted by atomic mass is 32.2. The molecule has 1 N–H and O–H groups in total. The van der Waals surface area contributed by atoms with Crippen LogP contribution in [0.3, 0.4) is 0 Å². The summed E-state index contributed by atoms with van der Waals surface area (Å²) in [4.78, 5) is 13.6. The molecule has 0 saturated carbocycles. The molecule has 25 heavy (non-hydrogen) atoms. The van der Waals surface area contributed by atoms with Gasteiger partial charge >= 0.3 is 0 Å². The number of anilines is 1. The van der Waals surface area contributed by atoms with Crippen molar-refractivity contribution in [2.24, 2.45) is 0 Å². The maximum atomic E-state index is 4.61. The topological polar surface area (TPSA) is 50.7 Å². The van der Waals surface area contributed by atoms with Gasteiger partial charge in [0.05, 0.1) is 0 Å². The molecule has 0 amide bonds. The summed E-state index contributed by atoms with van der Waals surface area (Å²) in [7, 11) is 0. The lowest BCUT2D eigenvalue weighted by Crippen LogP contribution is -2.05. The molecule has 3 aromatic rings. The molecule has 0 unspecified atom stereocenters. The number of nitrogens with zero attached hydrogens (tertiary/aromatic N) is 3. The van der Waals surface area contributed by atoms with Crippen LogP contribution in [-0.4, -0.2) is 21.5 Å². The van der Waals surface area contributed by atoms with E-state index in [-0.39, 0.29) is 0 Å². The Morgan fingerprint density at radius 2 is 1.20 bits per heavy atom. The van der Waals surface area contributed by atoms with E-state index in [1.165, 1.54) is 11.1 Å². The van der Waals surface area contributed by atoms with E-state index in [1.807, 2.05) is 19.1 Å². The molecule has 1 aromatic heterocycles. The predicted octanol–water partition coefficient (Wildman–Crippen LogP) is 4.89. The standard InChI is InChI=1S/C19H20N4S2/c1-2-20-17-21-18(24-13-15-9-5-3-6-10-15)23-19(22-17)25-14-16-11-7-4-8-12-16/h3-12H,2,13-14H2,1H3,(H,20,21,22,23). The fraction of sp³-hybridized carbons (Fsp3) is 0.211. The molecule has 6 heteroatoms. The molecule has 0 saturated heterocycles. The van der Waals surface area contributed by atoms with Gasteiger partial charge in [0.15, 0.2) is 10.3 Å². The van der Waals surface area contributed by atoms with Crippen molar-refractivity contribution in [3.8, 4) is 0 Å². The Kier molecular flexibility index (Phi) is 6.71. The van der Waals surface area contributed by atoms with Gasteiger partial charge in [-0.2, -0.15) is 15.0 Å². The van der Waals surface area contributed by atoms with E-state index in [9.17, 15) is 0 Å². The molecule has 3 rings (SSSR count). The monoisotopic (exact) mass is 368 g/mol. The van der Waals surface area contributed by atoms with Crippen molar-refractivity contribution in [2.45, 2.75) is 28.7 Å². The van der Waals surface area contributed by atoms with Gasteiger partial charge < -0.3 is 5.32 Å². The van der Waals surface area contributed by atoms with Crippen LogP contribution in [0.25, 0.3) is 0 Å². The lowest BCUT2D eigenvalue weighted by molar-refractivity contribution is 0.802. The van der Waals surface area contributed by atoms with Crippen LogP contribution in [0.5, 0.6) is 0 Å². The average Bonchev–Trinajstić information content (AvgIpc) is 2.67. The van der Waals surface area contributed by atoms with Gasteiger partial charge in [0.25, 0.3) is 0 Å². The fourth-order valence-electron chi connectivity index (χ4n) is 2.15. The zero-order chi connectivity index (χ0) is 17.3. The number of rotatable bonds is 8. The Labute approximate surface area is 156 Å². The maximum absolute atomic E-state index is 4.61. The van der Waals surface area contributed by atoms with Crippen LogP contribution in [0, 0.1) is 0 Å². The number of thioether (sulfide) groups is 2. The summed E-state index contributed by atoms with van der Waals surface area (Å²) in [6.45, 7) is 2.83. The van der Waals surface area contributed by atoms with Crippen LogP contribution in [0.1, 0.15) is 18.1 Å². The third-order valence-electron chi connectivity index (χ3n) is 3.35. The van der Waals surface area contributed by atoms with E-state index in [1.54, 1.807) is 23.5 Å². The van der Waals surface area contributed by atoms with Crippen molar-refractivity contribution >= 4 is 29.5 Å². The summed E-state index contributed by atoms with van der Waals surface area (Å²) in [6, 6.07) is 20.7. The quantitative estimate of drug-likeness (QED) is 0.571. The molecule has 1 heterocycles. The Morgan fingerprint density at radius 3 is 1.64 bits per heavy atom. The van der Waals surface area contributed by atoms with Gasteiger partial charge in [-0.3, -0.25) is 0 Å². The van der Waals surface area contributed by atoms with Gasteiger partial charge in [-0.25, -0.2) is 0 Å². The predicted molar refractivity (Wildman–Crippen MR) is 106 cm³/mol. The van der Waals surface area contributed by atoms with Crippen LogP contribution in [0.2, 0.25) is 0 Å². The van der Waals surface area contributed by atoms with Crippen LogP contribution < -0.4 is 5.32 Å². The molecule has 0 aliphatic rings. The van der Waals surface area contributed by atoms with Crippen molar-refractivity contribution in [1.82, 2.24) is 15.0 Å². The largest absolute Gasteiger partial charge is 0.354 e. The first-order valence-electron chi connectivity index (χ1n) is 8.17. The summed E-state index contributed by atoms with van der Waals surface area (Å²) in [5, 5.41) is 4.71. The summed E-state index contributed by atoms with van der Waals surface area (Å²) >= 11 is 3.27. The van der Waals surface area contributed by atoms with Gasteiger partial charge in [0.1, 0.15) is 0 Å². The SMILES string of the molecule is CCNc1nc(SCc2ccccc2)nc(SCc2ccccc2)n1. The highest BCUT2D eigenvalue weighted by molar-refractivity contribution is 7.99. The molecule has 0 atom stereocenters. The summed E-state index contributed by atoms with van der Waals surface area (Å²) in [5.74, 6) is 2.34. The van der Waals surface area contributed by atoms with E-state index in [0.29, 0.717) is 5.95 Å². The number of benzene rings is 2. The van der Waals surface area contributed by atoms with E-state index in [4.69, 9.17) is 0 Å². The second-order valence-electron chi connectivity index (χ2n) is 5.30. The summed E-state index contributed by atoms with van der Waals surface area (Å²) in [5.41, 5.74) is 2.52. The molecule has 0 aliphatic carbocycles. The van der Waals surface area contributed by atoms with Crippen LogP contribution in [0.4, 0.5) is 5.95 Å². The molecular formula is C19H20N4S2. The number of aromatic nitrogens is 3. The van der Waals surface area contributed by atoms with Crippen molar-refractivity contribution < 1.29 is 0 Å². The molecule has 0 spiro atoms. The molecule has 0 bridgehead atoms. The van der Waals surface area contributed by atoms with Gasteiger partial charge in [-0.1, -0.05) is 84.2 Å². The Hall–Kier alpha value is -2.05. The molecule has 0 aliphatic heterocycles. The third kappa shape index (κ3) is 5.76. The molecule has 2 aromatic carbocycles. The number of nitrogens with one attached hydrogen (secondary N) is 1. The first-order chi connectivity index (χ1) is 12.3. The average molecular weight is 369 g/mol. The van der Waals surface area contributed by atoms with Gasteiger partial charge in [0.2, 0.25) is 5.95 Å². The second-order valence-corrected chi connectivity index (χ2v) is 7.19. The van der Waals surface area contributed by atoms with Crippen molar-refractivity contribution in [3.63, 3.8) is 0 Å². The van der Waals surface area contributed by atoms with E-state index in [2.05, 4.69) is 68.8 Å². The zero-order valence-corrected chi connectivity index (χ0v) is 15.7. The maximum Gasteiger partial charge on any atom is 0.227 e. The van der Waals surface area contributed by atoms with Crippen LogP contribution in [0.15, 0.2) is 71.0 Å².